The summed E-state index contributed by atoms with van der Waals surface area (Å²) in [6.07, 6.45) is 1.14. The molecule has 0 bridgehead atoms. The normalized spacial score (nSPS) is 21.7. The number of morpholine rings is 1. The zero-order valence-electron chi connectivity index (χ0n) is 10.8. The first-order valence-electron chi connectivity index (χ1n) is 6.23. The SMILES string of the molecule is CCOCCCN=C(NN)N1CCOC(C)C1. The molecule has 0 amide bonds. The summed E-state index contributed by atoms with van der Waals surface area (Å²) in [4.78, 5) is 6.56. The maximum Gasteiger partial charge on any atom is 0.208 e. The van der Waals surface area contributed by atoms with E-state index < -0.39 is 0 Å². The van der Waals surface area contributed by atoms with E-state index in [-0.39, 0.29) is 6.10 Å². The Bertz CT molecular complexity index is 236. The Morgan fingerprint density at radius 2 is 2.47 bits per heavy atom. The van der Waals surface area contributed by atoms with Gasteiger partial charge in [0, 0.05) is 32.8 Å². The minimum Gasteiger partial charge on any atom is -0.382 e. The van der Waals surface area contributed by atoms with Crippen molar-refractivity contribution in [2.75, 3.05) is 39.5 Å². The van der Waals surface area contributed by atoms with Gasteiger partial charge in [-0.3, -0.25) is 10.4 Å². The number of guanidine groups is 1. The van der Waals surface area contributed by atoms with Gasteiger partial charge in [-0.25, -0.2) is 5.84 Å². The van der Waals surface area contributed by atoms with E-state index in [9.17, 15) is 0 Å². The van der Waals surface area contributed by atoms with Crippen LogP contribution in [-0.4, -0.2) is 56.4 Å². The van der Waals surface area contributed by atoms with E-state index in [0.717, 1.165) is 51.8 Å². The van der Waals surface area contributed by atoms with E-state index in [1.54, 1.807) is 0 Å². The number of ether oxygens (including phenoxy) is 2. The second-order valence-corrected chi connectivity index (χ2v) is 4.03. The van der Waals surface area contributed by atoms with E-state index >= 15 is 0 Å². The van der Waals surface area contributed by atoms with E-state index in [1.807, 2.05) is 6.92 Å². The van der Waals surface area contributed by atoms with E-state index in [0.29, 0.717) is 0 Å². The van der Waals surface area contributed by atoms with Gasteiger partial charge in [-0.05, 0) is 20.3 Å². The van der Waals surface area contributed by atoms with Gasteiger partial charge in [0.15, 0.2) is 0 Å². The van der Waals surface area contributed by atoms with Crippen molar-refractivity contribution in [1.29, 1.82) is 0 Å². The second kappa shape index (κ2) is 8.27. The summed E-state index contributed by atoms with van der Waals surface area (Å²) in [6, 6.07) is 0. The number of nitrogens with one attached hydrogen (secondary N) is 1. The number of nitrogens with zero attached hydrogens (tertiary/aromatic N) is 2. The van der Waals surface area contributed by atoms with Gasteiger partial charge in [-0.2, -0.15) is 0 Å². The van der Waals surface area contributed by atoms with Gasteiger partial charge >= 0.3 is 0 Å². The van der Waals surface area contributed by atoms with Crippen molar-refractivity contribution >= 4 is 5.96 Å². The molecular formula is C11H24N4O2. The number of hydrazine groups is 1. The van der Waals surface area contributed by atoms with Crippen LogP contribution in [-0.2, 0) is 9.47 Å². The minimum atomic E-state index is 0.228. The Kier molecular flexibility index (Phi) is 6.91. The summed E-state index contributed by atoms with van der Waals surface area (Å²) in [5.74, 6) is 6.24. The summed E-state index contributed by atoms with van der Waals surface area (Å²) >= 11 is 0. The molecule has 0 aromatic carbocycles. The summed E-state index contributed by atoms with van der Waals surface area (Å²) in [6.45, 7) is 8.66. The predicted molar refractivity (Wildman–Crippen MR) is 67.7 cm³/mol. The first kappa shape index (κ1) is 14.2. The van der Waals surface area contributed by atoms with Gasteiger partial charge in [0.2, 0.25) is 5.96 Å². The van der Waals surface area contributed by atoms with Crippen LogP contribution in [0.1, 0.15) is 20.3 Å². The molecule has 1 atom stereocenters. The summed E-state index contributed by atoms with van der Waals surface area (Å²) < 4.78 is 10.7. The molecule has 6 nitrogen and oxygen atoms in total. The predicted octanol–water partition coefficient (Wildman–Crippen LogP) is -0.0470. The zero-order chi connectivity index (χ0) is 12.5. The van der Waals surface area contributed by atoms with Crippen molar-refractivity contribution in [3.63, 3.8) is 0 Å². The highest BCUT2D eigenvalue weighted by molar-refractivity contribution is 5.79. The summed E-state index contributed by atoms with van der Waals surface area (Å²) in [5, 5.41) is 0. The van der Waals surface area contributed by atoms with Gasteiger partial charge in [-0.15, -0.1) is 0 Å². The van der Waals surface area contributed by atoms with Crippen LogP contribution in [0.25, 0.3) is 0 Å². The monoisotopic (exact) mass is 244 g/mol. The smallest absolute Gasteiger partial charge is 0.208 e. The van der Waals surface area contributed by atoms with E-state index in [2.05, 4.69) is 22.2 Å². The lowest BCUT2D eigenvalue weighted by Crippen LogP contribution is -2.51. The van der Waals surface area contributed by atoms with E-state index in [4.69, 9.17) is 15.3 Å². The molecular weight excluding hydrogens is 220 g/mol. The number of hydrogen-bond donors (Lipinski definition) is 2. The third kappa shape index (κ3) is 5.34. The molecule has 1 aliphatic rings. The molecule has 6 heteroatoms. The van der Waals surface area contributed by atoms with E-state index in [1.165, 1.54) is 0 Å². The Morgan fingerprint density at radius 3 is 3.12 bits per heavy atom. The lowest BCUT2D eigenvalue weighted by atomic mass is 10.3. The highest BCUT2D eigenvalue weighted by atomic mass is 16.5. The molecule has 1 unspecified atom stereocenters. The van der Waals surface area contributed by atoms with Gasteiger partial charge in [0.05, 0.1) is 12.7 Å². The van der Waals surface area contributed by atoms with Crippen molar-refractivity contribution in [3.05, 3.63) is 0 Å². The molecule has 0 aromatic heterocycles. The number of rotatable bonds is 5. The molecule has 0 spiro atoms. The Balaban J connectivity index is 2.32. The maximum absolute atomic E-state index is 5.50. The van der Waals surface area contributed by atoms with Crippen LogP contribution in [0.5, 0.6) is 0 Å². The van der Waals surface area contributed by atoms with Crippen molar-refractivity contribution < 1.29 is 9.47 Å². The molecule has 1 saturated heterocycles. The summed E-state index contributed by atoms with van der Waals surface area (Å²) in [7, 11) is 0. The molecule has 1 aliphatic heterocycles. The van der Waals surface area contributed by atoms with Crippen LogP contribution in [0.3, 0.4) is 0 Å². The first-order chi connectivity index (χ1) is 8.27. The van der Waals surface area contributed by atoms with Gasteiger partial charge in [0.1, 0.15) is 0 Å². The van der Waals surface area contributed by atoms with Crippen molar-refractivity contribution in [1.82, 2.24) is 10.3 Å². The van der Waals surface area contributed by atoms with Crippen LogP contribution < -0.4 is 11.3 Å². The third-order valence-electron chi connectivity index (χ3n) is 2.58. The molecule has 0 radical (unpaired) electrons. The average molecular weight is 244 g/mol. The molecule has 17 heavy (non-hydrogen) atoms. The first-order valence-corrected chi connectivity index (χ1v) is 6.23. The van der Waals surface area contributed by atoms with Gasteiger partial charge < -0.3 is 14.4 Å². The Morgan fingerprint density at radius 1 is 1.65 bits per heavy atom. The lowest BCUT2D eigenvalue weighted by molar-refractivity contribution is 0.00456. The van der Waals surface area contributed by atoms with Gasteiger partial charge in [0.25, 0.3) is 0 Å². The molecule has 1 fully saturated rings. The van der Waals surface area contributed by atoms with Crippen molar-refractivity contribution in [2.24, 2.45) is 10.8 Å². The number of nitrogens with two attached hydrogens (primary N) is 1. The van der Waals surface area contributed by atoms with Crippen molar-refractivity contribution in [3.8, 4) is 0 Å². The van der Waals surface area contributed by atoms with Crippen molar-refractivity contribution in [2.45, 2.75) is 26.4 Å². The third-order valence-corrected chi connectivity index (χ3v) is 2.58. The second-order valence-electron chi connectivity index (χ2n) is 4.03. The van der Waals surface area contributed by atoms with Crippen LogP contribution >= 0.6 is 0 Å². The maximum atomic E-state index is 5.50. The summed E-state index contributed by atoms with van der Waals surface area (Å²) in [5.41, 5.74) is 2.66. The quantitative estimate of drug-likeness (QED) is 0.233. The number of aliphatic imine (C=N–C) groups is 1. The van der Waals surface area contributed by atoms with Gasteiger partial charge in [-0.1, -0.05) is 0 Å². The van der Waals surface area contributed by atoms with Crippen LogP contribution in [0.2, 0.25) is 0 Å². The Labute approximate surface area is 103 Å². The topological polar surface area (TPSA) is 72.1 Å². The standard InChI is InChI=1S/C11H24N4O2/c1-3-16-7-4-5-13-11(14-12)15-6-8-17-10(2)9-15/h10H,3-9,12H2,1-2H3,(H,13,14). The molecule has 100 valence electrons. The fourth-order valence-corrected chi connectivity index (χ4v) is 1.74. The van der Waals surface area contributed by atoms with Crippen LogP contribution in [0, 0.1) is 0 Å². The molecule has 3 N–H and O–H groups in total. The average Bonchev–Trinajstić information content (AvgIpc) is 2.34. The number of hydrogen-bond acceptors (Lipinski definition) is 4. The fraction of sp³-hybridized carbons (Fsp3) is 0.909. The molecule has 0 aliphatic carbocycles. The fourth-order valence-electron chi connectivity index (χ4n) is 1.74. The van der Waals surface area contributed by atoms with Crippen LogP contribution in [0.15, 0.2) is 4.99 Å². The molecule has 1 rings (SSSR count). The molecule has 0 aromatic rings. The minimum absolute atomic E-state index is 0.228. The molecule has 1 heterocycles. The largest absolute Gasteiger partial charge is 0.382 e. The highest BCUT2D eigenvalue weighted by Gasteiger charge is 2.18. The lowest BCUT2D eigenvalue weighted by Gasteiger charge is -2.33. The molecule has 0 saturated carbocycles. The van der Waals surface area contributed by atoms with Crippen LogP contribution in [0.4, 0.5) is 0 Å². The zero-order valence-corrected chi connectivity index (χ0v) is 10.8. The highest BCUT2D eigenvalue weighted by Crippen LogP contribution is 2.04. The Hall–Kier alpha value is -0.850.